The van der Waals surface area contributed by atoms with Crippen LogP contribution in [0.25, 0.3) is 0 Å². The van der Waals surface area contributed by atoms with Crippen LogP contribution in [0.4, 0.5) is 5.82 Å². The fourth-order valence-electron chi connectivity index (χ4n) is 0.958. The monoisotopic (exact) mass is 264 g/mol. The van der Waals surface area contributed by atoms with E-state index in [0.29, 0.717) is 0 Å². The van der Waals surface area contributed by atoms with Crippen molar-refractivity contribution in [3.63, 3.8) is 0 Å². The summed E-state index contributed by atoms with van der Waals surface area (Å²) in [5.74, 6) is 0.0734. The Kier molecular flexibility index (Phi) is 3.72. The Balaban J connectivity index is 2.81. The summed E-state index contributed by atoms with van der Waals surface area (Å²) in [7, 11) is -3.67. The van der Waals surface area contributed by atoms with Crippen molar-refractivity contribution in [3.8, 4) is 0 Å². The second-order valence-corrected chi connectivity index (χ2v) is 5.99. The highest BCUT2D eigenvalue weighted by Gasteiger charge is 2.20. The van der Waals surface area contributed by atoms with Crippen molar-refractivity contribution < 1.29 is 8.42 Å². The highest BCUT2D eigenvalue weighted by molar-refractivity contribution is 7.90. The highest BCUT2D eigenvalue weighted by atomic mass is 35.5. The quantitative estimate of drug-likeness (QED) is 0.859. The minimum Gasteiger partial charge on any atom is -0.258 e. The molecule has 0 radical (unpaired) electrons. The van der Waals surface area contributed by atoms with E-state index in [0.717, 1.165) is 0 Å². The normalized spacial score (nSPS) is 12.5. The van der Waals surface area contributed by atoms with Crippen molar-refractivity contribution in [2.75, 3.05) is 4.72 Å². The molecular formula is C8H13ClN4O2S. The second kappa shape index (κ2) is 4.52. The molecule has 0 atom stereocenters. The maximum absolute atomic E-state index is 11.6. The first kappa shape index (κ1) is 13.1. The van der Waals surface area contributed by atoms with Gasteiger partial charge in [-0.1, -0.05) is 11.6 Å². The standard InChI is InChI=1S/C8H13ClN4O2S/c1-8(2,3)13-16(14,15)12-7-5-10-4-6(9)11-7/h4-5,13H,1-3H3,(H,11,12). The second-order valence-electron chi connectivity index (χ2n) is 4.18. The number of hydrogen-bond donors (Lipinski definition) is 2. The van der Waals surface area contributed by atoms with Gasteiger partial charge in [0.1, 0.15) is 5.15 Å². The van der Waals surface area contributed by atoms with E-state index < -0.39 is 15.7 Å². The van der Waals surface area contributed by atoms with Crippen LogP contribution in [0.15, 0.2) is 12.4 Å². The molecule has 0 aliphatic rings. The van der Waals surface area contributed by atoms with Gasteiger partial charge < -0.3 is 0 Å². The average molecular weight is 265 g/mol. The minimum atomic E-state index is -3.67. The molecule has 0 aliphatic heterocycles. The van der Waals surface area contributed by atoms with Gasteiger partial charge in [-0.25, -0.2) is 4.98 Å². The van der Waals surface area contributed by atoms with E-state index in [1.165, 1.54) is 12.4 Å². The molecule has 90 valence electrons. The Bertz CT molecular complexity index is 469. The van der Waals surface area contributed by atoms with E-state index in [9.17, 15) is 8.42 Å². The molecule has 0 fully saturated rings. The van der Waals surface area contributed by atoms with Crippen LogP contribution in [0.3, 0.4) is 0 Å². The summed E-state index contributed by atoms with van der Waals surface area (Å²) in [6, 6.07) is 0. The van der Waals surface area contributed by atoms with E-state index in [2.05, 4.69) is 19.4 Å². The summed E-state index contributed by atoms with van der Waals surface area (Å²) in [4.78, 5) is 7.48. The Hall–Kier alpha value is -0.920. The molecule has 0 aliphatic carbocycles. The molecule has 1 rings (SSSR count). The van der Waals surface area contributed by atoms with Crippen molar-refractivity contribution in [1.82, 2.24) is 14.7 Å². The summed E-state index contributed by atoms with van der Waals surface area (Å²) in [5.41, 5.74) is -0.572. The van der Waals surface area contributed by atoms with Crippen molar-refractivity contribution in [1.29, 1.82) is 0 Å². The Labute approximate surface area is 99.6 Å². The molecule has 0 saturated carbocycles. The summed E-state index contributed by atoms with van der Waals surface area (Å²) in [6.45, 7) is 5.20. The van der Waals surface area contributed by atoms with Crippen molar-refractivity contribution >= 4 is 27.6 Å². The van der Waals surface area contributed by atoms with E-state index in [-0.39, 0.29) is 11.0 Å². The first-order valence-electron chi connectivity index (χ1n) is 4.47. The van der Waals surface area contributed by atoms with Crippen molar-refractivity contribution in [2.24, 2.45) is 0 Å². The predicted octanol–water partition coefficient (Wildman–Crippen LogP) is 1.17. The molecule has 0 saturated heterocycles. The van der Waals surface area contributed by atoms with Crippen LogP contribution in [0.2, 0.25) is 5.15 Å². The first-order chi connectivity index (χ1) is 7.18. The first-order valence-corrected chi connectivity index (χ1v) is 6.33. The summed E-state index contributed by atoms with van der Waals surface area (Å²) in [5, 5.41) is 0.121. The molecule has 0 amide bonds. The fourth-order valence-corrected chi connectivity index (χ4v) is 2.34. The maximum Gasteiger partial charge on any atom is 0.300 e. The van der Waals surface area contributed by atoms with E-state index in [4.69, 9.17) is 11.6 Å². The Morgan fingerprint density at radius 2 is 1.94 bits per heavy atom. The lowest BCUT2D eigenvalue weighted by molar-refractivity contribution is 0.494. The maximum atomic E-state index is 11.6. The van der Waals surface area contributed by atoms with Crippen molar-refractivity contribution in [2.45, 2.75) is 26.3 Å². The molecule has 16 heavy (non-hydrogen) atoms. The van der Waals surface area contributed by atoms with Gasteiger partial charge in [0.25, 0.3) is 0 Å². The van der Waals surface area contributed by atoms with Crippen LogP contribution in [-0.2, 0) is 10.2 Å². The van der Waals surface area contributed by atoms with Gasteiger partial charge in [-0.05, 0) is 20.8 Å². The number of nitrogens with zero attached hydrogens (tertiary/aromatic N) is 2. The lowest BCUT2D eigenvalue weighted by atomic mass is 10.1. The molecular weight excluding hydrogens is 252 g/mol. The van der Waals surface area contributed by atoms with Crippen LogP contribution >= 0.6 is 11.6 Å². The van der Waals surface area contributed by atoms with Gasteiger partial charge in [-0.15, -0.1) is 0 Å². The number of anilines is 1. The zero-order valence-electron chi connectivity index (χ0n) is 9.15. The smallest absolute Gasteiger partial charge is 0.258 e. The number of nitrogens with one attached hydrogen (secondary N) is 2. The molecule has 0 spiro atoms. The number of aromatic nitrogens is 2. The molecule has 1 heterocycles. The summed E-state index contributed by atoms with van der Waals surface area (Å²) in [6.07, 6.45) is 2.59. The fraction of sp³-hybridized carbons (Fsp3) is 0.500. The third-order valence-electron chi connectivity index (χ3n) is 1.28. The Morgan fingerprint density at radius 1 is 1.31 bits per heavy atom. The lowest BCUT2D eigenvalue weighted by Crippen LogP contribution is -2.43. The van der Waals surface area contributed by atoms with Gasteiger partial charge in [0.05, 0.1) is 12.4 Å². The van der Waals surface area contributed by atoms with Gasteiger partial charge in [0.15, 0.2) is 5.82 Å². The minimum absolute atomic E-state index is 0.0734. The molecule has 0 bridgehead atoms. The van der Waals surface area contributed by atoms with Gasteiger partial charge >= 0.3 is 10.2 Å². The molecule has 0 unspecified atom stereocenters. The number of rotatable bonds is 3. The summed E-state index contributed by atoms with van der Waals surface area (Å²) < 4.78 is 27.8. The van der Waals surface area contributed by atoms with Gasteiger partial charge in [-0.2, -0.15) is 13.1 Å². The largest absolute Gasteiger partial charge is 0.300 e. The third-order valence-corrected chi connectivity index (χ3v) is 2.83. The Morgan fingerprint density at radius 3 is 2.44 bits per heavy atom. The van der Waals surface area contributed by atoms with Gasteiger partial charge in [0, 0.05) is 5.54 Å². The average Bonchev–Trinajstić information content (AvgIpc) is 1.96. The molecule has 1 aromatic rings. The van der Waals surface area contributed by atoms with Crippen LogP contribution in [0.5, 0.6) is 0 Å². The van der Waals surface area contributed by atoms with E-state index >= 15 is 0 Å². The lowest BCUT2D eigenvalue weighted by Gasteiger charge is -2.20. The van der Waals surface area contributed by atoms with Crippen LogP contribution in [0.1, 0.15) is 20.8 Å². The van der Waals surface area contributed by atoms with Crippen LogP contribution < -0.4 is 9.44 Å². The molecule has 2 N–H and O–H groups in total. The number of hydrogen-bond acceptors (Lipinski definition) is 4. The zero-order valence-corrected chi connectivity index (χ0v) is 10.7. The zero-order chi connectivity index (χ0) is 12.4. The predicted molar refractivity (Wildman–Crippen MR) is 62.5 cm³/mol. The highest BCUT2D eigenvalue weighted by Crippen LogP contribution is 2.09. The SMILES string of the molecule is CC(C)(C)NS(=O)(=O)Nc1cncc(Cl)n1. The molecule has 1 aromatic heterocycles. The molecule has 0 aromatic carbocycles. The topological polar surface area (TPSA) is 84.0 Å². The third kappa shape index (κ3) is 4.73. The van der Waals surface area contributed by atoms with Crippen LogP contribution in [-0.4, -0.2) is 23.9 Å². The van der Waals surface area contributed by atoms with E-state index in [1.54, 1.807) is 20.8 Å². The number of halogens is 1. The van der Waals surface area contributed by atoms with Crippen LogP contribution in [0, 0.1) is 0 Å². The van der Waals surface area contributed by atoms with Gasteiger partial charge in [0.2, 0.25) is 0 Å². The summed E-state index contributed by atoms with van der Waals surface area (Å²) >= 11 is 5.58. The van der Waals surface area contributed by atoms with E-state index in [1.807, 2.05) is 0 Å². The molecule has 8 heteroatoms. The van der Waals surface area contributed by atoms with Gasteiger partial charge in [-0.3, -0.25) is 9.71 Å². The molecule has 6 nitrogen and oxygen atoms in total. The van der Waals surface area contributed by atoms with Crippen molar-refractivity contribution in [3.05, 3.63) is 17.5 Å².